The Balaban J connectivity index is 2.97. The fraction of sp³-hybridized carbons (Fsp3) is 0.400. The topological polar surface area (TPSA) is 35.9 Å². The lowest BCUT2D eigenvalue weighted by Crippen LogP contribution is -2.08. The average Bonchev–Trinajstić information content (AvgIpc) is 2.30. The predicted octanol–water partition coefficient (Wildman–Crippen LogP) is 4.72. The summed E-state index contributed by atoms with van der Waals surface area (Å²) in [5.41, 5.74) is 1.19. The average molecular weight is 297 g/mol. The monoisotopic (exact) mass is 296 g/mol. The van der Waals surface area contributed by atoms with Gasteiger partial charge in [0, 0.05) is 21.8 Å². The van der Waals surface area contributed by atoms with Crippen LogP contribution >= 0.6 is 23.4 Å². The van der Waals surface area contributed by atoms with Crippen molar-refractivity contribution in [2.24, 2.45) is 0 Å². The first-order valence-electron chi connectivity index (χ1n) is 6.31. The van der Waals surface area contributed by atoms with Gasteiger partial charge in [-0.1, -0.05) is 44.5 Å². The summed E-state index contributed by atoms with van der Waals surface area (Å²) in [7, 11) is 0. The molecule has 19 heavy (non-hydrogen) atoms. The molecule has 0 amide bonds. The van der Waals surface area contributed by atoms with E-state index >= 15 is 0 Å². The maximum absolute atomic E-state index is 8.06. The maximum Gasteiger partial charge on any atom is 0.0641 e. The molecule has 1 rings (SSSR count). The fourth-order valence-corrected chi connectivity index (χ4v) is 2.83. The van der Waals surface area contributed by atoms with Crippen molar-refractivity contribution >= 4 is 29.1 Å². The van der Waals surface area contributed by atoms with Gasteiger partial charge in [0.2, 0.25) is 0 Å². The van der Waals surface area contributed by atoms with Crippen LogP contribution in [0.3, 0.4) is 0 Å². The molecular weight excluding hydrogens is 276 g/mol. The second kappa shape index (κ2) is 7.01. The van der Waals surface area contributed by atoms with Crippen LogP contribution in [0.15, 0.2) is 35.4 Å². The van der Waals surface area contributed by atoms with Gasteiger partial charge in [0.25, 0.3) is 0 Å². The third-order valence-corrected chi connectivity index (χ3v) is 3.93. The fourth-order valence-electron chi connectivity index (χ4n) is 1.48. The van der Waals surface area contributed by atoms with Crippen LogP contribution in [0, 0.1) is 5.41 Å². The molecule has 0 heterocycles. The van der Waals surface area contributed by atoms with Crippen molar-refractivity contribution in [3.8, 4) is 0 Å². The zero-order valence-electron chi connectivity index (χ0n) is 11.9. The first kappa shape index (κ1) is 16.1. The standard InChI is InChI=1S/C15H21ClN2S/c1-5-18-10-9-12(17)11-7-6-8-13(14(11)16)19-15(2,3)4/h6-10,17-18H,5H2,1-4H3/b10-9-,17-12?. The van der Waals surface area contributed by atoms with E-state index in [-0.39, 0.29) is 4.75 Å². The van der Waals surface area contributed by atoms with Crippen LogP contribution in [0.5, 0.6) is 0 Å². The molecule has 0 saturated heterocycles. The molecule has 0 radical (unpaired) electrons. The van der Waals surface area contributed by atoms with E-state index in [0.717, 1.165) is 17.0 Å². The van der Waals surface area contributed by atoms with Crippen molar-refractivity contribution in [1.29, 1.82) is 5.41 Å². The molecule has 0 aliphatic rings. The molecule has 0 aliphatic heterocycles. The molecule has 1 aromatic carbocycles. The lowest BCUT2D eigenvalue weighted by molar-refractivity contribution is 0.803. The Hall–Kier alpha value is -0.930. The number of hydrogen-bond donors (Lipinski definition) is 2. The molecule has 0 atom stereocenters. The summed E-state index contributed by atoms with van der Waals surface area (Å²) in [6.45, 7) is 9.31. The summed E-state index contributed by atoms with van der Waals surface area (Å²) in [6, 6.07) is 5.83. The molecule has 0 unspecified atom stereocenters. The molecule has 0 aliphatic carbocycles. The Kier molecular flexibility index (Phi) is 5.95. The van der Waals surface area contributed by atoms with Crippen molar-refractivity contribution in [2.45, 2.75) is 37.3 Å². The summed E-state index contributed by atoms with van der Waals surface area (Å²) >= 11 is 8.13. The molecule has 4 heteroatoms. The highest BCUT2D eigenvalue weighted by Crippen LogP contribution is 2.37. The van der Waals surface area contributed by atoms with Gasteiger partial charge in [-0.3, -0.25) is 0 Å². The van der Waals surface area contributed by atoms with Crippen LogP contribution in [0.4, 0.5) is 0 Å². The van der Waals surface area contributed by atoms with Gasteiger partial charge in [0.15, 0.2) is 0 Å². The number of thioether (sulfide) groups is 1. The van der Waals surface area contributed by atoms with Crippen LogP contribution in [-0.4, -0.2) is 17.0 Å². The van der Waals surface area contributed by atoms with Crippen molar-refractivity contribution in [3.05, 3.63) is 41.1 Å². The van der Waals surface area contributed by atoms with Gasteiger partial charge >= 0.3 is 0 Å². The van der Waals surface area contributed by atoms with Gasteiger partial charge in [0.1, 0.15) is 0 Å². The van der Waals surface area contributed by atoms with E-state index in [4.69, 9.17) is 17.0 Å². The van der Waals surface area contributed by atoms with Gasteiger partial charge < -0.3 is 10.7 Å². The van der Waals surface area contributed by atoms with E-state index in [1.165, 1.54) is 0 Å². The first-order chi connectivity index (χ1) is 8.85. The predicted molar refractivity (Wildman–Crippen MR) is 86.7 cm³/mol. The van der Waals surface area contributed by atoms with Crippen LogP contribution in [0.2, 0.25) is 5.02 Å². The highest BCUT2D eigenvalue weighted by molar-refractivity contribution is 8.00. The summed E-state index contributed by atoms with van der Waals surface area (Å²) in [6.07, 6.45) is 3.51. The summed E-state index contributed by atoms with van der Waals surface area (Å²) in [5.74, 6) is 0. The Morgan fingerprint density at radius 1 is 1.42 bits per heavy atom. The van der Waals surface area contributed by atoms with Crippen LogP contribution in [0.25, 0.3) is 0 Å². The third kappa shape index (κ3) is 5.29. The van der Waals surface area contributed by atoms with Gasteiger partial charge in [-0.25, -0.2) is 0 Å². The van der Waals surface area contributed by atoms with Crippen LogP contribution < -0.4 is 5.32 Å². The molecule has 0 fully saturated rings. The van der Waals surface area contributed by atoms with E-state index in [1.54, 1.807) is 24.0 Å². The first-order valence-corrected chi connectivity index (χ1v) is 7.51. The van der Waals surface area contributed by atoms with Crippen molar-refractivity contribution in [2.75, 3.05) is 6.54 Å². The van der Waals surface area contributed by atoms with E-state index in [9.17, 15) is 0 Å². The van der Waals surface area contributed by atoms with Crippen molar-refractivity contribution in [1.82, 2.24) is 5.32 Å². The van der Waals surface area contributed by atoms with E-state index in [2.05, 4.69) is 26.1 Å². The Morgan fingerprint density at radius 2 is 2.11 bits per heavy atom. The minimum Gasteiger partial charge on any atom is -0.391 e. The summed E-state index contributed by atoms with van der Waals surface area (Å²) in [4.78, 5) is 1.02. The smallest absolute Gasteiger partial charge is 0.0641 e. The molecule has 104 valence electrons. The van der Waals surface area contributed by atoms with E-state index < -0.39 is 0 Å². The molecular formula is C15H21ClN2S. The van der Waals surface area contributed by atoms with Crippen molar-refractivity contribution in [3.63, 3.8) is 0 Å². The largest absolute Gasteiger partial charge is 0.391 e. The van der Waals surface area contributed by atoms with Crippen LogP contribution in [-0.2, 0) is 0 Å². The molecule has 0 spiro atoms. The van der Waals surface area contributed by atoms with Gasteiger partial charge in [-0.15, -0.1) is 11.8 Å². The SMILES string of the molecule is CCN/C=C\C(=N)c1cccc(SC(C)(C)C)c1Cl. The maximum atomic E-state index is 8.06. The third-order valence-electron chi connectivity index (χ3n) is 2.24. The van der Waals surface area contributed by atoms with Crippen molar-refractivity contribution < 1.29 is 0 Å². The minimum atomic E-state index is 0.101. The van der Waals surface area contributed by atoms with Crippen LogP contribution in [0.1, 0.15) is 33.3 Å². The molecule has 1 aromatic rings. The second-order valence-electron chi connectivity index (χ2n) is 5.14. The zero-order chi connectivity index (χ0) is 14.5. The normalized spacial score (nSPS) is 11.8. The molecule has 2 nitrogen and oxygen atoms in total. The molecule has 2 N–H and O–H groups in total. The Bertz CT molecular complexity index is 476. The van der Waals surface area contributed by atoms with E-state index in [0.29, 0.717) is 10.7 Å². The molecule has 0 bridgehead atoms. The number of benzene rings is 1. The lowest BCUT2D eigenvalue weighted by Gasteiger charge is -2.19. The molecule has 0 saturated carbocycles. The zero-order valence-corrected chi connectivity index (χ0v) is 13.5. The summed E-state index contributed by atoms with van der Waals surface area (Å²) in [5, 5.41) is 11.8. The number of rotatable bonds is 5. The number of halogens is 1. The Labute approximate surface area is 125 Å². The Morgan fingerprint density at radius 3 is 2.68 bits per heavy atom. The number of allylic oxidation sites excluding steroid dienone is 1. The lowest BCUT2D eigenvalue weighted by atomic mass is 10.1. The molecule has 0 aromatic heterocycles. The number of hydrogen-bond acceptors (Lipinski definition) is 3. The summed E-state index contributed by atoms with van der Waals surface area (Å²) < 4.78 is 0.101. The second-order valence-corrected chi connectivity index (χ2v) is 7.38. The highest BCUT2D eigenvalue weighted by Gasteiger charge is 2.16. The van der Waals surface area contributed by atoms with Gasteiger partial charge in [-0.05, 0) is 25.3 Å². The van der Waals surface area contributed by atoms with Gasteiger partial charge in [-0.2, -0.15) is 0 Å². The quantitative estimate of drug-likeness (QED) is 0.609. The van der Waals surface area contributed by atoms with E-state index in [1.807, 2.05) is 25.1 Å². The highest BCUT2D eigenvalue weighted by atomic mass is 35.5. The minimum absolute atomic E-state index is 0.101. The number of nitrogens with one attached hydrogen (secondary N) is 2. The van der Waals surface area contributed by atoms with Gasteiger partial charge in [0.05, 0.1) is 10.7 Å².